The monoisotopic (exact) mass is 390 g/mol. The standard InChI is InChI=1S/C25H42O3/c1-16(11-14-26)21-7-8-22-20-6-5-18-15-19(28-17(2)27)9-12-24(18,3)23(20)10-13-25(21,22)4/h16,18-23,26H,5-15H2,1-4H3/t16-,18-,19+,20?,21?,22?,23?,24+,25-/m1/s1. The molecule has 0 heterocycles. The first-order chi connectivity index (χ1) is 13.3. The topological polar surface area (TPSA) is 46.5 Å². The molecule has 28 heavy (non-hydrogen) atoms. The van der Waals surface area contributed by atoms with E-state index in [4.69, 9.17) is 4.74 Å². The highest BCUT2D eigenvalue weighted by atomic mass is 16.5. The number of hydrogen-bond acceptors (Lipinski definition) is 3. The van der Waals surface area contributed by atoms with Crippen molar-refractivity contribution in [3.8, 4) is 0 Å². The third-order valence-corrected chi connectivity index (χ3v) is 10.3. The molecule has 1 N–H and O–H groups in total. The molecular formula is C25H42O3. The highest BCUT2D eigenvalue weighted by Crippen LogP contribution is 2.68. The van der Waals surface area contributed by atoms with Crippen LogP contribution in [0.15, 0.2) is 0 Å². The van der Waals surface area contributed by atoms with Gasteiger partial charge in [-0.1, -0.05) is 20.8 Å². The Hall–Kier alpha value is -0.570. The summed E-state index contributed by atoms with van der Waals surface area (Å²) >= 11 is 0. The van der Waals surface area contributed by atoms with E-state index in [1.54, 1.807) is 6.92 Å². The Morgan fingerprint density at radius 2 is 1.75 bits per heavy atom. The van der Waals surface area contributed by atoms with E-state index in [0.717, 1.165) is 48.9 Å². The van der Waals surface area contributed by atoms with Gasteiger partial charge in [-0.15, -0.1) is 0 Å². The van der Waals surface area contributed by atoms with Gasteiger partial charge in [-0.3, -0.25) is 4.79 Å². The maximum atomic E-state index is 11.4. The fourth-order valence-electron chi connectivity index (χ4n) is 8.94. The number of esters is 1. The molecule has 0 aromatic heterocycles. The number of ether oxygens (including phenoxy) is 1. The van der Waals surface area contributed by atoms with E-state index < -0.39 is 0 Å². The van der Waals surface area contributed by atoms with Crippen LogP contribution in [0.1, 0.15) is 91.9 Å². The van der Waals surface area contributed by atoms with Crippen molar-refractivity contribution < 1.29 is 14.6 Å². The maximum Gasteiger partial charge on any atom is 0.302 e. The molecule has 4 fully saturated rings. The Morgan fingerprint density at radius 3 is 2.46 bits per heavy atom. The van der Waals surface area contributed by atoms with E-state index in [0.29, 0.717) is 23.4 Å². The zero-order valence-electron chi connectivity index (χ0n) is 18.6. The molecule has 0 saturated heterocycles. The molecule has 0 spiro atoms. The maximum absolute atomic E-state index is 11.4. The van der Waals surface area contributed by atoms with Crippen molar-refractivity contribution in [3.05, 3.63) is 0 Å². The summed E-state index contributed by atoms with van der Waals surface area (Å²) in [6.45, 7) is 9.47. The molecule has 3 nitrogen and oxygen atoms in total. The van der Waals surface area contributed by atoms with Gasteiger partial charge in [0.25, 0.3) is 0 Å². The fraction of sp³-hybridized carbons (Fsp3) is 0.960. The average Bonchev–Trinajstić information content (AvgIpc) is 2.99. The smallest absolute Gasteiger partial charge is 0.302 e. The van der Waals surface area contributed by atoms with E-state index in [1.165, 1.54) is 44.9 Å². The normalized spacial score (nSPS) is 48.9. The second-order valence-corrected chi connectivity index (χ2v) is 11.4. The van der Waals surface area contributed by atoms with Crippen LogP contribution in [-0.4, -0.2) is 23.8 Å². The summed E-state index contributed by atoms with van der Waals surface area (Å²) in [5.41, 5.74) is 0.948. The van der Waals surface area contributed by atoms with Crippen molar-refractivity contribution in [3.63, 3.8) is 0 Å². The first kappa shape index (κ1) is 20.7. The lowest BCUT2D eigenvalue weighted by Crippen LogP contribution is -2.54. The lowest BCUT2D eigenvalue weighted by molar-refractivity contribution is -0.160. The third-order valence-electron chi connectivity index (χ3n) is 10.3. The molecule has 4 aliphatic rings. The quantitative estimate of drug-likeness (QED) is 0.636. The van der Waals surface area contributed by atoms with Crippen LogP contribution < -0.4 is 0 Å². The van der Waals surface area contributed by atoms with Crippen LogP contribution in [0.5, 0.6) is 0 Å². The summed E-state index contributed by atoms with van der Waals surface area (Å²) in [6.07, 6.45) is 12.8. The number of hydrogen-bond donors (Lipinski definition) is 1. The second-order valence-electron chi connectivity index (χ2n) is 11.4. The van der Waals surface area contributed by atoms with Crippen LogP contribution >= 0.6 is 0 Å². The molecule has 0 aromatic carbocycles. The van der Waals surface area contributed by atoms with Gasteiger partial charge in [0, 0.05) is 13.5 Å². The number of carbonyl (C=O) groups is 1. The first-order valence-electron chi connectivity index (χ1n) is 12.1. The molecule has 0 amide bonds. The van der Waals surface area contributed by atoms with Crippen molar-refractivity contribution in [2.45, 2.75) is 98.0 Å². The molecule has 4 aliphatic carbocycles. The van der Waals surface area contributed by atoms with E-state index in [1.807, 2.05) is 0 Å². The Bertz CT molecular complexity index is 588. The number of aliphatic hydroxyl groups is 1. The number of carbonyl (C=O) groups excluding carboxylic acids is 1. The highest BCUT2D eigenvalue weighted by molar-refractivity contribution is 5.66. The predicted molar refractivity (Wildman–Crippen MR) is 112 cm³/mol. The lowest BCUT2D eigenvalue weighted by atomic mass is 9.44. The van der Waals surface area contributed by atoms with Gasteiger partial charge in [-0.2, -0.15) is 0 Å². The van der Waals surface area contributed by atoms with Crippen LogP contribution in [0.2, 0.25) is 0 Å². The summed E-state index contributed by atoms with van der Waals surface area (Å²) < 4.78 is 5.61. The number of aliphatic hydroxyl groups excluding tert-OH is 1. The largest absolute Gasteiger partial charge is 0.463 e. The lowest BCUT2D eigenvalue weighted by Gasteiger charge is -2.61. The van der Waals surface area contributed by atoms with Crippen molar-refractivity contribution in [1.29, 1.82) is 0 Å². The van der Waals surface area contributed by atoms with Crippen molar-refractivity contribution in [2.24, 2.45) is 46.3 Å². The Morgan fingerprint density at radius 1 is 1.04 bits per heavy atom. The van der Waals surface area contributed by atoms with Crippen LogP contribution in [0, 0.1) is 46.3 Å². The Labute approximate surface area is 172 Å². The zero-order valence-corrected chi connectivity index (χ0v) is 18.6. The summed E-state index contributed by atoms with van der Waals surface area (Å²) in [5, 5.41) is 9.47. The zero-order chi connectivity index (χ0) is 20.1. The highest BCUT2D eigenvalue weighted by Gasteiger charge is 2.60. The van der Waals surface area contributed by atoms with E-state index >= 15 is 0 Å². The van der Waals surface area contributed by atoms with Gasteiger partial charge < -0.3 is 9.84 Å². The number of fused-ring (bicyclic) bond motifs is 5. The van der Waals surface area contributed by atoms with Crippen LogP contribution in [0.3, 0.4) is 0 Å². The SMILES string of the molecule is CC(=O)O[C@H]1CC[C@]2(C)C3CC[C@@]4(C)C(CCC4[C@H](C)CCO)C3CC[C@@H]2C1. The number of rotatable bonds is 4. The van der Waals surface area contributed by atoms with Crippen LogP contribution in [0.25, 0.3) is 0 Å². The average molecular weight is 391 g/mol. The minimum Gasteiger partial charge on any atom is -0.463 e. The van der Waals surface area contributed by atoms with Gasteiger partial charge in [0.05, 0.1) is 0 Å². The molecule has 160 valence electrons. The molecule has 0 aromatic rings. The van der Waals surface area contributed by atoms with Gasteiger partial charge in [-0.05, 0) is 111 Å². The molecule has 4 saturated carbocycles. The Kier molecular flexibility index (Phi) is 5.61. The van der Waals surface area contributed by atoms with E-state index in [-0.39, 0.29) is 12.1 Å². The van der Waals surface area contributed by atoms with E-state index in [2.05, 4.69) is 20.8 Å². The van der Waals surface area contributed by atoms with Gasteiger partial charge in [0.2, 0.25) is 0 Å². The van der Waals surface area contributed by atoms with Gasteiger partial charge in [0.15, 0.2) is 0 Å². The van der Waals surface area contributed by atoms with Crippen LogP contribution in [-0.2, 0) is 9.53 Å². The van der Waals surface area contributed by atoms with Crippen molar-refractivity contribution in [1.82, 2.24) is 0 Å². The summed E-state index contributed by atoms with van der Waals surface area (Å²) in [5.74, 6) is 4.75. The molecule has 9 atom stereocenters. The molecule has 0 radical (unpaired) electrons. The van der Waals surface area contributed by atoms with Gasteiger partial charge >= 0.3 is 5.97 Å². The second kappa shape index (κ2) is 7.60. The van der Waals surface area contributed by atoms with Crippen molar-refractivity contribution in [2.75, 3.05) is 6.61 Å². The third kappa shape index (κ3) is 3.24. The molecule has 4 unspecified atom stereocenters. The summed E-state index contributed by atoms with van der Waals surface area (Å²) in [4.78, 5) is 11.4. The molecule has 0 aliphatic heterocycles. The minimum atomic E-state index is -0.107. The van der Waals surface area contributed by atoms with Crippen LogP contribution in [0.4, 0.5) is 0 Å². The Balaban J connectivity index is 1.50. The minimum absolute atomic E-state index is 0.107. The van der Waals surface area contributed by atoms with Gasteiger partial charge in [-0.25, -0.2) is 0 Å². The molecule has 3 heteroatoms. The summed E-state index contributed by atoms with van der Waals surface area (Å²) in [6, 6.07) is 0. The molecule has 0 bridgehead atoms. The van der Waals surface area contributed by atoms with Crippen molar-refractivity contribution >= 4 is 5.97 Å². The molecule has 4 rings (SSSR count). The molecular weight excluding hydrogens is 348 g/mol. The fourth-order valence-corrected chi connectivity index (χ4v) is 8.94. The predicted octanol–water partition coefficient (Wildman–Crippen LogP) is 5.60. The van der Waals surface area contributed by atoms with Gasteiger partial charge in [0.1, 0.15) is 6.10 Å². The first-order valence-corrected chi connectivity index (χ1v) is 12.1. The van der Waals surface area contributed by atoms with E-state index in [9.17, 15) is 9.90 Å². The summed E-state index contributed by atoms with van der Waals surface area (Å²) in [7, 11) is 0.